The van der Waals surface area contributed by atoms with E-state index >= 15 is 0 Å². The number of ether oxygens (including phenoxy) is 2. The number of fused-ring (bicyclic) bond motifs is 1. The number of amides is 2. The number of β-amino-alcohol motifs (C(OH)–C–C–N with tert-alkyl or cyclic N) is 1. The Hall–Kier alpha value is -1.68. The zero-order valence-corrected chi connectivity index (χ0v) is 18.6. The van der Waals surface area contributed by atoms with Crippen LogP contribution in [0, 0.1) is 11.8 Å². The van der Waals surface area contributed by atoms with Crippen molar-refractivity contribution in [3.05, 3.63) is 29.3 Å². The summed E-state index contributed by atoms with van der Waals surface area (Å²) < 4.78 is 11.4. The van der Waals surface area contributed by atoms with Crippen molar-refractivity contribution in [1.29, 1.82) is 0 Å². The van der Waals surface area contributed by atoms with Gasteiger partial charge in [0.15, 0.2) is 0 Å². The van der Waals surface area contributed by atoms with Crippen LogP contribution in [0.2, 0.25) is 5.02 Å². The van der Waals surface area contributed by atoms with Crippen LogP contribution in [0.15, 0.2) is 24.3 Å². The molecule has 8 nitrogen and oxygen atoms in total. The minimum absolute atomic E-state index is 0.0354. The number of carbonyl (C=O) groups excluding carboxylic acids is 3. The van der Waals surface area contributed by atoms with Gasteiger partial charge in [0, 0.05) is 22.1 Å². The van der Waals surface area contributed by atoms with Gasteiger partial charge in [-0.25, -0.2) is 0 Å². The molecular formula is C20H22BrClN2O6. The van der Waals surface area contributed by atoms with Gasteiger partial charge in [-0.2, -0.15) is 0 Å². The smallest absolute Gasteiger partial charge is 0.312 e. The number of nitrogens with zero attached hydrogens (tertiary/aromatic N) is 1. The molecule has 30 heavy (non-hydrogen) atoms. The van der Waals surface area contributed by atoms with Crippen LogP contribution in [0.4, 0.5) is 5.69 Å². The Morgan fingerprint density at radius 2 is 2.10 bits per heavy atom. The third kappa shape index (κ3) is 3.23. The molecular weight excluding hydrogens is 480 g/mol. The lowest BCUT2D eigenvalue weighted by molar-refractivity contribution is -0.154. The van der Waals surface area contributed by atoms with Gasteiger partial charge in [-0.1, -0.05) is 27.5 Å². The molecule has 10 heteroatoms. The number of carbonyl (C=O) groups is 3. The Bertz CT molecular complexity index is 867. The molecule has 0 radical (unpaired) electrons. The van der Waals surface area contributed by atoms with E-state index in [4.69, 9.17) is 21.1 Å². The zero-order valence-electron chi connectivity index (χ0n) is 16.2. The second-order valence-electron chi connectivity index (χ2n) is 7.67. The molecule has 3 aliphatic rings. The number of hydrogen-bond acceptors (Lipinski definition) is 6. The van der Waals surface area contributed by atoms with Crippen molar-refractivity contribution in [3.8, 4) is 0 Å². The van der Waals surface area contributed by atoms with Crippen molar-refractivity contribution in [2.24, 2.45) is 11.8 Å². The van der Waals surface area contributed by atoms with Gasteiger partial charge in [-0.15, -0.1) is 0 Å². The van der Waals surface area contributed by atoms with Crippen LogP contribution in [-0.2, 0) is 23.9 Å². The third-order valence-corrected chi connectivity index (χ3v) is 7.15. The van der Waals surface area contributed by atoms with Gasteiger partial charge in [0.05, 0.1) is 31.2 Å². The van der Waals surface area contributed by atoms with Gasteiger partial charge in [-0.3, -0.25) is 14.4 Å². The van der Waals surface area contributed by atoms with Crippen molar-refractivity contribution in [2.45, 2.75) is 35.9 Å². The fraction of sp³-hybridized carbons (Fsp3) is 0.550. The first kappa shape index (κ1) is 21.5. The minimum atomic E-state index is -1.17. The monoisotopic (exact) mass is 500 g/mol. The highest BCUT2D eigenvalue weighted by Gasteiger charge is 2.76. The van der Waals surface area contributed by atoms with Crippen molar-refractivity contribution in [2.75, 3.05) is 25.1 Å². The van der Waals surface area contributed by atoms with Gasteiger partial charge >= 0.3 is 5.97 Å². The summed E-state index contributed by atoms with van der Waals surface area (Å²) in [5.74, 6) is -2.95. The number of alkyl halides is 1. The largest absolute Gasteiger partial charge is 0.466 e. The minimum Gasteiger partial charge on any atom is -0.466 e. The number of likely N-dealkylation sites (tertiary alicyclic amines) is 1. The van der Waals surface area contributed by atoms with Crippen molar-refractivity contribution in [3.63, 3.8) is 0 Å². The second-order valence-corrected chi connectivity index (χ2v) is 9.28. The molecule has 0 aromatic heterocycles. The highest BCUT2D eigenvalue weighted by Crippen LogP contribution is 2.60. The van der Waals surface area contributed by atoms with E-state index in [0.717, 1.165) is 0 Å². The predicted molar refractivity (Wildman–Crippen MR) is 111 cm³/mol. The first-order valence-electron chi connectivity index (χ1n) is 9.80. The summed E-state index contributed by atoms with van der Waals surface area (Å²) in [4.78, 5) is 40.4. The first-order valence-corrected chi connectivity index (χ1v) is 11.1. The molecule has 162 valence electrons. The van der Waals surface area contributed by atoms with Gasteiger partial charge in [0.1, 0.15) is 11.6 Å². The van der Waals surface area contributed by atoms with E-state index in [1.54, 1.807) is 31.2 Å². The van der Waals surface area contributed by atoms with E-state index < -0.39 is 41.5 Å². The van der Waals surface area contributed by atoms with E-state index in [-0.39, 0.29) is 30.5 Å². The van der Waals surface area contributed by atoms with Crippen LogP contribution >= 0.6 is 27.5 Å². The van der Waals surface area contributed by atoms with Crippen molar-refractivity contribution < 1.29 is 29.0 Å². The Balaban J connectivity index is 1.70. The van der Waals surface area contributed by atoms with Crippen molar-refractivity contribution in [1.82, 2.24) is 4.90 Å². The van der Waals surface area contributed by atoms with E-state index in [1.807, 2.05) is 0 Å². The quantitative estimate of drug-likeness (QED) is 0.453. The number of halogens is 2. The van der Waals surface area contributed by atoms with E-state index in [0.29, 0.717) is 17.1 Å². The van der Waals surface area contributed by atoms with Gasteiger partial charge in [-0.05, 0) is 37.6 Å². The number of aliphatic hydroxyl groups is 1. The molecule has 0 saturated carbocycles. The van der Waals surface area contributed by atoms with Crippen LogP contribution in [0.25, 0.3) is 0 Å². The summed E-state index contributed by atoms with van der Waals surface area (Å²) in [6, 6.07) is 5.62. The average Bonchev–Trinajstić information content (AvgIpc) is 3.28. The maximum atomic E-state index is 13.3. The SMILES string of the molecule is CCOC(=O)[C@H]1[C@H]2C(=O)N(CCO)C(C(=O)Nc3ccc(Cl)cc3)C23CC(Br)[C@@H]1O3. The molecule has 4 rings (SSSR count). The Morgan fingerprint density at radius 1 is 1.40 bits per heavy atom. The molecule has 2 amide bonds. The number of nitrogens with one attached hydrogen (secondary N) is 1. The number of esters is 1. The molecule has 3 aliphatic heterocycles. The third-order valence-electron chi connectivity index (χ3n) is 6.05. The Labute approximate surface area is 187 Å². The predicted octanol–water partition coefficient (Wildman–Crippen LogP) is 1.58. The van der Waals surface area contributed by atoms with Crippen LogP contribution in [0.1, 0.15) is 13.3 Å². The summed E-state index contributed by atoms with van der Waals surface area (Å²) in [6.07, 6.45) is -0.162. The zero-order chi connectivity index (χ0) is 21.6. The first-order chi connectivity index (χ1) is 14.3. The fourth-order valence-electron chi connectivity index (χ4n) is 5.03. The van der Waals surface area contributed by atoms with Crippen LogP contribution in [-0.4, -0.2) is 70.1 Å². The van der Waals surface area contributed by atoms with Crippen molar-refractivity contribution >= 4 is 51.0 Å². The molecule has 3 saturated heterocycles. The van der Waals surface area contributed by atoms with Gasteiger partial charge < -0.3 is 24.8 Å². The second kappa shape index (κ2) is 8.11. The fourth-order valence-corrected chi connectivity index (χ4v) is 6.10. The molecule has 3 unspecified atom stereocenters. The molecule has 1 aromatic carbocycles. The maximum Gasteiger partial charge on any atom is 0.312 e. The molecule has 6 atom stereocenters. The lowest BCUT2D eigenvalue weighted by Crippen LogP contribution is -2.54. The van der Waals surface area contributed by atoms with E-state index in [9.17, 15) is 19.5 Å². The van der Waals surface area contributed by atoms with E-state index in [2.05, 4.69) is 21.2 Å². The summed E-state index contributed by atoms with van der Waals surface area (Å²) in [5, 5.41) is 12.9. The lowest BCUT2D eigenvalue weighted by Gasteiger charge is -2.33. The van der Waals surface area contributed by atoms with Crippen LogP contribution in [0.3, 0.4) is 0 Å². The van der Waals surface area contributed by atoms with Crippen LogP contribution in [0.5, 0.6) is 0 Å². The number of aliphatic hydroxyl groups excluding tert-OH is 1. The highest BCUT2D eigenvalue weighted by molar-refractivity contribution is 9.09. The molecule has 3 fully saturated rings. The molecule has 2 N–H and O–H groups in total. The highest BCUT2D eigenvalue weighted by atomic mass is 79.9. The summed E-state index contributed by atoms with van der Waals surface area (Å²) in [7, 11) is 0. The molecule has 0 aliphatic carbocycles. The molecule has 1 spiro atoms. The number of rotatable bonds is 6. The lowest BCUT2D eigenvalue weighted by atomic mass is 9.70. The van der Waals surface area contributed by atoms with E-state index in [1.165, 1.54) is 4.90 Å². The van der Waals surface area contributed by atoms with Gasteiger partial charge in [0.2, 0.25) is 11.8 Å². The number of benzene rings is 1. The summed E-state index contributed by atoms with van der Waals surface area (Å²) in [5.41, 5.74) is -0.649. The summed E-state index contributed by atoms with van der Waals surface area (Å²) >= 11 is 9.47. The van der Waals surface area contributed by atoms with Crippen LogP contribution < -0.4 is 5.32 Å². The van der Waals surface area contributed by atoms with Gasteiger partial charge in [0.25, 0.3) is 0 Å². The average molecular weight is 502 g/mol. The normalized spacial score (nSPS) is 34.2. The number of anilines is 1. The molecule has 2 bridgehead atoms. The Kier molecular flexibility index (Phi) is 5.82. The summed E-state index contributed by atoms with van der Waals surface area (Å²) in [6.45, 7) is 1.53. The molecule has 3 heterocycles. The number of hydrogen-bond donors (Lipinski definition) is 2. The standard InChI is InChI=1S/C20H22BrClN2O6/c1-2-29-19(28)13-14-18(27)24(7-8-25)16(20(14)9-12(21)15(13)30-20)17(26)23-11-5-3-10(22)4-6-11/h3-6,12-16,25H,2,7-9H2,1H3,(H,23,26)/t12?,13-,14-,15-,16?,20?/m0/s1. The Morgan fingerprint density at radius 3 is 2.73 bits per heavy atom. The maximum absolute atomic E-state index is 13.3. The topological polar surface area (TPSA) is 105 Å². The molecule has 1 aromatic rings.